The van der Waals surface area contributed by atoms with Crippen LogP contribution in [-0.2, 0) is 14.3 Å². The molecule has 106 valence electrons. The molecule has 2 aliphatic rings. The molecule has 21 heavy (non-hydrogen) atoms. The topological polar surface area (TPSA) is 83.8 Å². The molecule has 1 atom stereocenters. The van der Waals surface area contributed by atoms with Gasteiger partial charge >= 0.3 is 0 Å². The van der Waals surface area contributed by atoms with Crippen molar-refractivity contribution in [2.24, 2.45) is 0 Å². The first kappa shape index (κ1) is 13.5. The van der Waals surface area contributed by atoms with Gasteiger partial charge < -0.3 is 14.9 Å². The highest BCUT2D eigenvalue weighted by Crippen LogP contribution is 2.35. The molecule has 1 aliphatic carbocycles. The smallest absolute Gasteiger partial charge is 0.238 e. The molecular formula is C16H12O5. The number of rotatable bonds is 1. The lowest BCUT2D eigenvalue weighted by Gasteiger charge is -2.34. The average molecular weight is 284 g/mol. The Balaban J connectivity index is 2.11. The normalized spacial score (nSPS) is 27.2. The van der Waals surface area contributed by atoms with Gasteiger partial charge in [0.15, 0.2) is 0 Å². The Labute approximate surface area is 120 Å². The van der Waals surface area contributed by atoms with Crippen molar-refractivity contribution in [1.29, 1.82) is 0 Å². The van der Waals surface area contributed by atoms with E-state index >= 15 is 0 Å². The molecule has 0 fully saturated rings. The maximum absolute atomic E-state index is 11.9. The first-order valence-corrected chi connectivity index (χ1v) is 6.35. The number of carbonyl (C=O) groups excluding carboxylic acids is 2. The van der Waals surface area contributed by atoms with Crippen LogP contribution < -0.4 is 0 Å². The van der Waals surface area contributed by atoms with Crippen LogP contribution in [0.15, 0.2) is 59.4 Å². The van der Waals surface area contributed by atoms with Crippen molar-refractivity contribution >= 4 is 17.6 Å². The van der Waals surface area contributed by atoms with Gasteiger partial charge in [0.1, 0.15) is 11.3 Å². The van der Waals surface area contributed by atoms with Crippen molar-refractivity contribution in [3.05, 3.63) is 65.0 Å². The van der Waals surface area contributed by atoms with Crippen LogP contribution in [0.2, 0.25) is 0 Å². The van der Waals surface area contributed by atoms with E-state index in [4.69, 9.17) is 4.74 Å². The van der Waals surface area contributed by atoms with Gasteiger partial charge in [-0.3, -0.25) is 9.59 Å². The molecule has 0 saturated carbocycles. The van der Waals surface area contributed by atoms with Gasteiger partial charge in [-0.05, 0) is 23.8 Å². The van der Waals surface area contributed by atoms with E-state index in [0.717, 1.165) is 17.7 Å². The Bertz CT molecular complexity index is 711. The van der Waals surface area contributed by atoms with Crippen LogP contribution in [0.4, 0.5) is 0 Å². The number of ether oxygens (including phenoxy) is 1. The zero-order valence-electron chi connectivity index (χ0n) is 10.9. The minimum absolute atomic E-state index is 0.0768. The summed E-state index contributed by atoms with van der Waals surface area (Å²) in [7, 11) is 0. The van der Waals surface area contributed by atoms with Crippen LogP contribution in [0.3, 0.4) is 0 Å². The second kappa shape index (κ2) is 4.80. The number of hydrogen-bond acceptors (Lipinski definition) is 5. The first-order chi connectivity index (χ1) is 10.0. The number of hydrogen-bond donors (Lipinski definition) is 2. The van der Waals surface area contributed by atoms with E-state index in [1.165, 1.54) is 0 Å². The van der Waals surface area contributed by atoms with E-state index in [1.54, 1.807) is 6.08 Å². The highest BCUT2D eigenvalue weighted by atomic mass is 16.6. The Morgan fingerprint density at radius 2 is 1.90 bits per heavy atom. The summed E-state index contributed by atoms with van der Waals surface area (Å²) in [5.74, 6) is -4.21. The number of aliphatic hydroxyl groups is 2. The monoisotopic (exact) mass is 284 g/mol. The highest BCUT2D eigenvalue weighted by molar-refractivity contribution is 6.49. The standard InChI is InChI=1S/C16H12O5/c17-12-6-7-16(20)13(15(12)19)14(18)11(9-21-16)8-10-4-2-1-3-5-10/h1-8,18,20H,9H2/b11-8+. The zero-order chi connectivity index (χ0) is 15.0. The van der Waals surface area contributed by atoms with Gasteiger partial charge in [-0.25, -0.2) is 0 Å². The van der Waals surface area contributed by atoms with Crippen LogP contribution >= 0.6 is 0 Å². The molecule has 1 unspecified atom stereocenters. The average Bonchev–Trinajstić information content (AvgIpc) is 2.48. The fraction of sp³-hybridized carbons (Fsp3) is 0.125. The largest absolute Gasteiger partial charge is 0.507 e. The van der Waals surface area contributed by atoms with Crippen LogP contribution in [0.1, 0.15) is 5.56 Å². The Hall–Kier alpha value is -2.50. The molecule has 1 heterocycles. The van der Waals surface area contributed by atoms with E-state index < -0.39 is 28.7 Å². The van der Waals surface area contributed by atoms with Gasteiger partial charge in [0.2, 0.25) is 17.4 Å². The summed E-state index contributed by atoms with van der Waals surface area (Å²) in [6.45, 7) is -0.0768. The van der Waals surface area contributed by atoms with Gasteiger partial charge in [0.05, 0.1) is 6.61 Å². The molecule has 0 saturated heterocycles. The van der Waals surface area contributed by atoms with E-state index in [0.29, 0.717) is 5.57 Å². The Kier molecular flexibility index (Phi) is 3.08. The Morgan fingerprint density at radius 1 is 1.19 bits per heavy atom. The molecule has 5 heteroatoms. The summed E-state index contributed by atoms with van der Waals surface area (Å²) >= 11 is 0. The molecule has 1 aliphatic heterocycles. The van der Waals surface area contributed by atoms with Gasteiger partial charge in [-0.15, -0.1) is 0 Å². The third-order valence-electron chi connectivity index (χ3n) is 3.40. The number of benzene rings is 1. The van der Waals surface area contributed by atoms with Gasteiger partial charge in [-0.2, -0.15) is 0 Å². The number of ketones is 2. The van der Waals surface area contributed by atoms with Crippen molar-refractivity contribution in [3.63, 3.8) is 0 Å². The molecule has 2 N–H and O–H groups in total. The summed E-state index contributed by atoms with van der Waals surface area (Å²) in [6, 6.07) is 9.15. The summed E-state index contributed by atoms with van der Waals surface area (Å²) < 4.78 is 5.25. The summed E-state index contributed by atoms with van der Waals surface area (Å²) in [4.78, 5) is 23.3. The van der Waals surface area contributed by atoms with E-state index in [1.807, 2.05) is 30.3 Å². The second-order valence-corrected chi connectivity index (χ2v) is 4.82. The summed E-state index contributed by atoms with van der Waals surface area (Å²) in [5, 5.41) is 20.4. The fourth-order valence-corrected chi connectivity index (χ4v) is 2.31. The predicted octanol–water partition coefficient (Wildman–Crippen LogP) is 1.31. The first-order valence-electron chi connectivity index (χ1n) is 6.35. The van der Waals surface area contributed by atoms with E-state index in [9.17, 15) is 19.8 Å². The van der Waals surface area contributed by atoms with Crippen molar-refractivity contribution < 1.29 is 24.5 Å². The molecule has 3 rings (SSSR count). The number of aliphatic hydroxyl groups excluding tert-OH is 1. The van der Waals surface area contributed by atoms with Crippen molar-refractivity contribution in [3.8, 4) is 0 Å². The van der Waals surface area contributed by atoms with E-state index in [-0.39, 0.29) is 6.61 Å². The molecule has 0 spiro atoms. The third-order valence-corrected chi connectivity index (χ3v) is 3.40. The highest BCUT2D eigenvalue weighted by Gasteiger charge is 2.46. The van der Waals surface area contributed by atoms with E-state index in [2.05, 4.69) is 0 Å². The summed E-state index contributed by atoms with van der Waals surface area (Å²) in [5.41, 5.74) is 0.708. The second-order valence-electron chi connectivity index (χ2n) is 4.82. The molecule has 1 aromatic carbocycles. The predicted molar refractivity (Wildman–Crippen MR) is 74.1 cm³/mol. The Morgan fingerprint density at radius 3 is 2.62 bits per heavy atom. The summed E-state index contributed by atoms with van der Waals surface area (Å²) in [6.07, 6.45) is 3.66. The molecule has 5 nitrogen and oxygen atoms in total. The lowest BCUT2D eigenvalue weighted by atomic mass is 9.87. The SMILES string of the molecule is O=C1C=CC2(O)OC/C(=C\c3ccccc3)C(O)=C2C1=O. The molecule has 0 bridgehead atoms. The zero-order valence-corrected chi connectivity index (χ0v) is 10.9. The third kappa shape index (κ3) is 2.22. The number of Topliss-reactive ketones (excluding diaryl/α,β-unsaturated/α-hetero) is 1. The fourth-order valence-electron chi connectivity index (χ4n) is 2.31. The van der Waals surface area contributed by atoms with Crippen LogP contribution in [0.5, 0.6) is 0 Å². The lowest BCUT2D eigenvalue weighted by molar-refractivity contribution is -0.156. The molecular weight excluding hydrogens is 272 g/mol. The van der Waals surface area contributed by atoms with Crippen LogP contribution in [0.25, 0.3) is 6.08 Å². The molecule has 0 amide bonds. The lowest BCUT2D eigenvalue weighted by Crippen LogP contribution is -2.45. The van der Waals surface area contributed by atoms with Crippen LogP contribution in [0, 0.1) is 0 Å². The maximum Gasteiger partial charge on any atom is 0.238 e. The maximum atomic E-state index is 11.9. The molecule has 0 aromatic heterocycles. The van der Waals surface area contributed by atoms with Crippen molar-refractivity contribution in [2.45, 2.75) is 5.79 Å². The molecule has 0 radical (unpaired) electrons. The van der Waals surface area contributed by atoms with Gasteiger partial charge in [0.25, 0.3) is 0 Å². The van der Waals surface area contributed by atoms with Gasteiger partial charge in [0, 0.05) is 5.57 Å². The number of fused-ring (bicyclic) bond motifs is 1. The number of carbonyl (C=O) groups is 2. The quantitative estimate of drug-likeness (QED) is 0.760. The minimum Gasteiger partial charge on any atom is -0.507 e. The van der Waals surface area contributed by atoms with Crippen molar-refractivity contribution in [1.82, 2.24) is 0 Å². The van der Waals surface area contributed by atoms with Crippen molar-refractivity contribution in [2.75, 3.05) is 6.61 Å². The van der Waals surface area contributed by atoms with Crippen LogP contribution in [-0.4, -0.2) is 34.2 Å². The molecule has 1 aromatic rings. The number of allylic oxidation sites excluding steroid dienone is 1. The minimum atomic E-state index is -2.04. The van der Waals surface area contributed by atoms with Gasteiger partial charge in [-0.1, -0.05) is 30.3 Å².